The maximum atomic E-state index is 13.0. The quantitative estimate of drug-likeness (QED) is 0.839. The molecule has 0 bridgehead atoms. The van der Waals surface area contributed by atoms with Crippen molar-refractivity contribution in [1.82, 2.24) is 0 Å². The van der Waals surface area contributed by atoms with Crippen LogP contribution in [-0.2, 0) is 0 Å². The predicted molar refractivity (Wildman–Crippen MR) is 71.8 cm³/mol. The van der Waals surface area contributed by atoms with Crippen LogP contribution < -0.4 is 5.73 Å². The summed E-state index contributed by atoms with van der Waals surface area (Å²) in [5, 5.41) is 0.0374. The summed E-state index contributed by atoms with van der Waals surface area (Å²) in [6.45, 7) is 0. The molecule has 2 rings (SSSR count). The smallest absolute Gasteiger partial charge is 0.141 e. The van der Waals surface area contributed by atoms with Gasteiger partial charge in [0.25, 0.3) is 0 Å². The molecule has 0 saturated carbocycles. The van der Waals surface area contributed by atoms with Crippen molar-refractivity contribution in [2.45, 2.75) is 6.04 Å². The van der Waals surface area contributed by atoms with Crippen molar-refractivity contribution in [1.29, 1.82) is 0 Å². The Morgan fingerprint density at radius 2 is 1.88 bits per heavy atom. The number of hydrogen-bond acceptors (Lipinski definition) is 2. The molecule has 90 valence electrons. The van der Waals surface area contributed by atoms with E-state index in [1.165, 1.54) is 23.5 Å². The zero-order valence-electron chi connectivity index (χ0n) is 8.38. The summed E-state index contributed by atoms with van der Waals surface area (Å²) in [5.41, 5.74) is 7.43. The summed E-state index contributed by atoms with van der Waals surface area (Å²) < 4.78 is 14.1. The van der Waals surface area contributed by atoms with Crippen molar-refractivity contribution in [3.63, 3.8) is 0 Å². The molecule has 0 amide bonds. The van der Waals surface area contributed by atoms with E-state index >= 15 is 0 Å². The molecule has 0 radical (unpaired) electrons. The Morgan fingerprint density at radius 1 is 1.18 bits per heavy atom. The summed E-state index contributed by atoms with van der Waals surface area (Å²) in [4.78, 5) is 0. The molecule has 1 unspecified atom stereocenters. The Labute approximate surface area is 117 Å². The second-order valence-corrected chi connectivity index (χ2v) is 6.12. The number of rotatable bonds is 2. The largest absolute Gasteiger partial charge is 0.320 e. The van der Waals surface area contributed by atoms with Gasteiger partial charge in [0.2, 0.25) is 0 Å². The van der Waals surface area contributed by atoms with Crippen LogP contribution in [0.15, 0.2) is 24.3 Å². The van der Waals surface area contributed by atoms with E-state index < -0.39 is 11.9 Å². The average Bonchev–Trinajstić information content (AvgIpc) is 2.61. The van der Waals surface area contributed by atoms with Crippen molar-refractivity contribution >= 4 is 46.1 Å². The van der Waals surface area contributed by atoms with Crippen LogP contribution in [-0.4, -0.2) is 0 Å². The van der Waals surface area contributed by atoms with Crippen molar-refractivity contribution in [2.24, 2.45) is 5.73 Å². The van der Waals surface area contributed by atoms with Crippen molar-refractivity contribution in [3.05, 3.63) is 54.9 Å². The van der Waals surface area contributed by atoms with E-state index in [1.807, 2.05) is 0 Å². The molecule has 1 atom stereocenters. The monoisotopic (exact) mass is 309 g/mol. The van der Waals surface area contributed by atoms with Crippen LogP contribution in [0.25, 0.3) is 0 Å². The van der Waals surface area contributed by atoms with E-state index in [9.17, 15) is 4.39 Å². The highest BCUT2D eigenvalue weighted by molar-refractivity contribution is 7.20. The first-order valence-corrected chi connectivity index (χ1v) is 6.59. The summed E-state index contributed by atoms with van der Waals surface area (Å²) in [7, 11) is 0. The van der Waals surface area contributed by atoms with Crippen LogP contribution in [0.2, 0.25) is 13.7 Å². The molecule has 17 heavy (non-hydrogen) atoms. The van der Waals surface area contributed by atoms with E-state index in [2.05, 4.69) is 0 Å². The number of nitrogens with two attached hydrogens (primary N) is 1. The molecular formula is C11H7Cl3FNS. The van der Waals surface area contributed by atoms with Crippen LogP contribution in [0, 0.1) is 5.82 Å². The second kappa shape index (κ2) is 5.12. The average molecular weight is 311 g/mol. The summed E-state index contributed by atoms with van der Waals surface area (Å²) in [6, 6.07) is 5.58. The van der Waals surface area contributed by atoms with Crippen molar-refractivity contribution < 1.29 is 4.39 Å². The molecule has 1 aromatic heterocycles. The van der Waals surface area contributed by atoms with Gasteiger partial charge in [-0.3, -0.25) is 0 Å². The molecule has 1 heterocycles. The maximum Gasteiger partial charge on any atom is 0.141 e. The maximum absolute atomic E-state index is 13.0. The molecular weight excluding hydrogens is 304 g/mol. The Bertz CT molecular complexity index is 556. The first-order valence-electron chi connectivity index (χ1n) is 4.64. The van der Waals surface area contributed by atoms with E-state index in [4.69, 9.17) is 40.5 Å². The van der Waals surface area contributed by atoms with Gasteiger partial charge in [0, 0.05) is 5.56 Å². The van der Waals surface area contributed by atoms with E-state index in [0.717, 1.165) is 0 Å². The van der Waals surface area contributed by atoms with Gasteiger partial charge in [-0.25, -0.2) is 4.39 Å². The van der Waals surface area contributed by atoms with Crippen LogP contribution >= 0.6 is 46.1 Å². The van der Waals surface area contributed by atoms with Crippen molar-refractivity contribution in [3.8, 4) is 0 Å². The first-order chi connectivity index (χ1) is 7.99. The van der Waals surface area contributed by atoms with Gasteiger partial charge in [-0.05, 0) is 23.8 Å². The molecule has 0 aliphatic rings. The van der Waals surface area contributed by atoms with Gasteiger partial charge >= 0.3 is 0 Å². The Kier molecular flexibility index (Phi) is 3.95. The van der Waals surface area contributed by atoms with Gasteiger partial charge in [0.1, 0.15) is 5.82 Å². The highest BCUT2D eigenvalue weighted by atomic mass is 35.5. The van der Waals surface area contributed by atoms with Gasteiger partial charge in [0.15, 0.2) is 0 Å². The highest BCUT2D eigenvalue weighted by Crippen LogP contribution is 2.36. The molecule has 6 heteroatoms. The molecule has 0 fully saturated rings. The lowest BCUT2D eigenvalue weighted by Gasteiger charge is -2.11. The minimum Gasteiger partial charge on any atom is -0.320 e. The molecule has 1 aromatic carbocycles. The van der Waals surface area contributed by atoms with E-state index in [0.29, 0.717) is 19.8 Å². The highest BCUT2D eigenvalue weighted by Gasteiger charge is 2.16. The minimum absolute atomic E-state index is 0.0374. The molecule has 0 saturated heterocycles. The van der Waals surface area contributed by atoms with Crippen LogP contribution in [0.4, 0.5) is 4.39 Å². The van der Waals surface area contributed by atoms with Gasteiger partial charge in [-0.15, -0.1) is 11.3 Å². The Morgan fingerprint density at radius 3 is 2.41 bits per heavy atom. The molecule has 0 spiro atoms. The molecule has 2 N–H and O–H groups in total. The van der Waals surface area contributed by atoms with Crippen molar-refractivity contribution in [2.75, 3.05) is 0 Å². The zero-order valence-corrected chi connectivity index (χ0v) is 11.5. The Hall–Kier alpha value is -0.320. The van der Waals surface area contributed by atoms with Gasteiger partial charge < -0.3 is 5.73 Å². The molecule has 2 aromatic rings. The van der Waals surface area contributed by atoms with E-state index in [-0.39, 0.29) is 5.02 Å². The van der Waals surface area contributed by atoms with Gasteiger partial charge in [-0.1, -0.05) is 40.9 Å². The Balaban J connectivity index is 2.40. The third-order valence-corrected chi connectivity index (χ3v) is 4.13. The standard InChI is InChI=1S/C11H7Cl3FNS/c12-7-3-5(1-2-8(7)15)10(16)6-4-9(13)17-11(6)14/h1-4,10H,16H2. The summed E-state index contributed by atoms with van der Waals surface area (Å²) in [6.07, 6.45) is 0. The molecule has 0 aliphatic carbocycles. The fourth-order valence-corrected chi connectivity index (χ4v) is 3.19. The first kappa shape index (κ1) is 13.1. The number of hydrogen-bond donors (Lipinski definition) is 1. The summed E-state index contributed by atoms with van der Waals surface area (Å²) in [5.74, 6) is -0.475. The zero-order chi connectivity index (χ0) is 12.6. The fourth-order valence-electron chi connectivity index (χ4n) is 1.45. The van der Waals surface area contributed by atoms with Gasteiger partial charge in [-0.2, -0.15) is 0 Å². The topological polar surface area (TPSA) is 26.0 Å². The van der Waals surface area contributed by atoms with E-state index in [1.54, 1.807) is 12.1 Å². The third-order valence-electron chi connectivity index (χ3n) is 2.32. The lowest BCUT2D eigenvalue weighted by atomic mass is 10.0. The van der Waals surface area contributed by atoms with Crippen LogP contribution in [0.5, 0.6) is 0 Å². The predicted octanol–water partition coefficient (Wildman–Crippen LogP) is 4.90. The number of halogens is 4. The summed E-state index contributed by atoms with van der Waals surface area (Å²) >= 11 is 18.8. The normalized spacial score (nSPS) is 12.8. The fraction of sp³-hybridized carbons (Fsp3) is 0.0909. The molecule has 0 aliphatic heterocycles. The van der Waals surface area contributed by atoms with Crippen LogP contribution in [0.3, 0.4) is 0 Å². The number of benzene rings is 1. The van der Waals surface area contributed by atoms with Gasteiger partial charge in [0.05, 0.1) is 19.7 Å². The molecule has 1 nitrogen and oxygen atoms in total. The van der Waals surface area contributed by atoms with Crippen LogP contribution in [0.1, 0.15) is 17.2 Å². The number of thiophene rings is 1. The SMILES string of the molecule is NC(c1ccc(F)c(Cl)c1)c1cc(Cl)sc1Cl. The lowest BCUT2D eigenvalue weighted by Crippen LogP contribution is -2.11. The third kappa shape index (κ3) is 2.75. The lowest BCUT2D eigenvalue weighted by molar-refractivity contribution is 0.627. The minimum atomic E-state index is -0.475. The second-order valence-electron chi connectivity index (χ2n) is 3.43.